The summed E-state index contributed by atoms with van der Waals surface area (Å²) in [7, 11) is 1.69. The summed E-state index contributed by atoms with van der Waals surface area (Å²) >= 11 is 0. The summed E-state index contributed by atoms with van der Waals surface area (Å²) in [5.74, 6) is 2.63. The predicted molar refractivity (Wildman–Crippen MR) is 55.4 cm³/mol. The van der Waals surface area contributed by atoms with Gasteiger partial charge in [-0.1, -0.05) is 12.8 Å². The lowest BCUT2D eigenvalue weighted by Crippen LogP contribution is -2.31. The van der Waals surface area contributed by atoms with Crippen LogP contribution in [0.5, 0.6) is 0 Å². The monoisotopic (exact) mass is 184 g/mol. The Kier molecular flexibility index (Phi) is 7.71. The van der Waals surface area contributed by atoms with Crippen molar-refractivity contribution >= 4 is 0 Å². The average Bonchev–Trinajstić information content (AvgIpc) is 2.17. The number of terminal acetylenes is 1. The molecule has 1 unspecified atom stereocenters. The fraction of sp³-hybridized carbons (Fsp3) is 0.800. The van der Waals surface area contributed by atoms with E-state index >= 15 is 0 Å². The lowest BCUT2D eigenvalue weighted by molar-refractivity contribution is 0.0918. The van der Waals surface area contributed by atoms with E-state index in [1.54, 1.807) is 7.11 Å². The van der Waals surface area contributed by atoms with Crippen LogP contribution in [0.2, 0.25) is 0 Å². The van der Waals surface area contributed by atoms with Crippen molar-refractivity contribution < 1.29 is 4.74 Å². The molecule has 0 aromatic rings. The van der Waals surface area contributed by atoms with E-state index in [1.807, 2.05) is 0 Å². The third-order valence-electron chi connectivity index (χ3n) is 2.13. The molecule has 0 saturated carbocycles. The van der Waals surface area contributed by atoms with E-state index in [0.717, 1.165) is 19.5 Å². The van der Waals surface area contributed by atoms with E-state index in [-0.39, 0.29) is 6.10 Å². The first-order chi connectivity index (χ1) is 6.28. The summed E-state index contributed by atoms with van der Waals surface area (Å²) in [6.07, 6.45) is 6.33. The van der Waals surface area contributed by atoms with E-state index in [4.69, 9.17) is 16.9 Å². The topological polar surface area (TPSA) is 38.5 Å². The smallest absolute Gasteiger partial charge is 0.0705 e. The first-order valence-corrected chi connectivity index (χ1v) is 4.67. The normalized spacial score (nSPS) is 12.8. The number of hydrogen-bond acceptors (Lipinski definition) is 3. The van der Waals surface area contributed by atoms with Gasteiger partial charge in [0.05, 0.1) is 12.6 Å². The standard InChI is InChI=1S/C10H20N2O/c1-4-7-12(5-2)8-6-10(9-11)13-3/h1,10H,5-9,11H2,2-3H3. The summed E-state index contributed by atoms with van der Waals surface area (Å²) < 4.78 is 5.17. The molecule has 0 aliphatic rings. The van der Waals surface area contributed by atoms with Gasteiger partial charge in [-0.15, -0.1) is 6.42 Å². The van der Waals surface area contributed by atoms with Gasteiger partial charge in [-0.25, -0.2) is 0 Å². The highest BCUT2D eigenvalue weighted by molar-refractivity contribution is 4.87. The number of hydrogen-bond donors (Lipinski definition) is 1. The number of nitrogens with two attached hydrogens (primary N) is 1. The van der Waals surface area contributed by atoms with Crippen LogP contribution in [-0.2, 0) is 4.74 Å². The molecule has 13 heavy (non-hydrogen) atoms. The molecule has 0 heterocycles. The zero-order chi connectivity index (χ0) is 10.1. The van der Waals surface area contributed by atoms with Crippen molar-refractivity contribution in [3.05, 3.63) is 0 Å². The zero-order valence-electron chi connectivity index (χ0n) is 8.62. The van der Waals surface area contributed by atoms with Crippen molar-refractivity contribution in [1.82, 2.24) is 4.90 Å². The van der Waals surface area contributed by atoms with Gasteiger partial charge in [0.15, 0.2) is 0 Å². The van der Waals surface area contributed by atoms with Crippen LogP contribution in [0.4, 0.5) is 0 Å². The molecule has 0 amide bonds. The lowest BCUT2D eigenvalue weighted by atomic mass is 10.2. The Balaban J connectivity index is 3.64. The van der Waals surface area contributed by atoms with E-state index < -0.39 is 0 Å². The Morgan fingerprint density at radius 2 is 2.31 bits per heavy atom. The van der Waals surface area contributed by atoms with Crippen LogP contribution < -0.4 is 5.73 Å². The molecular weight excluding hydrogens is 164 g/mol. The summed E-state index contributed by atoms with van der Waals surface area (Å²) in [5.41, 5.74) is 5.50. The molecule has 0 saturated heterocycles. The van der Waals surface area contributed by atoms with Crippen LogP contribution in [0.1, 0.15) is 13.3 Å². The van der Waals surface area contributed by atoms with Gasteiger partial charge in [0.25, 0.3) is 0 Å². The number of ether oxygens (including phenoxy) is 1. The van der Waals surface area contributed by atoms with Gasteiger partial charge in [0.2, 0.25) is 0 Å². The van der Waals surface area contributed by atoms with Gasteiger partial charge in [0, 0.05) is 20.2 Å². The first-order valence-electron chi connectivity index (χ1n) is 4.67. The van der Waals surface area contributed by atoms with Gasteiger partial charge < -0.3 is 10.5 Å². The highest BCUT2D eigenvalue weighted by Gasteiger charge is 2.07. The van der Waals surface area contributed by atoms with Gasteiger partial charge in [-0.2, -0.15) is 0 Å². The summed E-state index contributed by atoms with van der Waals surface area (Å²) in [6.45, 7) is 5.31. The second-order valence-electron chi connectivity index (χ2n) is 2.95. The minimum Gasteiger partial charge on any atom is -0.380 e. The van der Waals surface area contributed by atoms with E-state index in [9.17, 15) is 0 Å². The number of rotatable bonds is 7. The van der Waals surface area contributed by atoms with Crippen molar-refractivity contribution in [3.8, 4) is 12.3 Å². The van der Waals surface area contributed by atoms with Crippen molar-refractivity contribution in [2.24, 2.45) is 5.73 Å². The van der Waals surface area contributed by atoms with Crippen LogP contribution in [0.15, 0.2) is 0 Å². The maximum Gasteiger partial charge on any atom is 0.0705 e. The van der Waals surface area contributed by atoms with Crippen molar-refractivity contribution in [2.75, 3.05) is 33.3 Å². The van der Waals surface area contributed by atoms with Crippen LogP contribution in [0.3, 0.4) is 0 Å². The van der Waals surface area contributed by atoms with E-state index in [0.29, 0.717) is 13.1 Å². The molecule has 0 aromatic carbocycles. The molecule has 1 atom stereocenters. The minimum atomic E-state index is 0.159. The first kappa shape index (κ1) is 12.4. The quantitative estimate of drug-likeness (QED) is 0.579. The minimum absolute atomic E-state index is 0.159. The Morgan fingerprint density at radius 3 is 2.69 bits per heavy atom. The number of nitrogens with zero attached hydrogens (tertiary/aromatic N) is 1. The second-order valence-corrected chi connectivity index (χ2v) is 2.95. The maximum absolute atomic E-state index is 5.50. The van der Waals surface area contributed by atoms with Gasteiger partial charge in [-0.3, -0.25) is 4.90 Å². The molecule has 0 aromatic heterocycles. The molecule has 2 N–H and O–H groups in total. The molecular formula is C10H20N2O. The fourth-order valence-electron chi connectivity index (χ4n) is 1.14. The Morgan fingerprint density at radius 1 is 1.62 bits per heavy atom. The molecule has 0 radical (unpaired) electrons. The third-order valence-corrected chi connectivity index (χ3v) is 2.13. The average molecular weight is 184 g/mol. The van der Waals surface area contributed by atoms with Gasteiger partial charge >= 0.3 is 0 Å². The van der Waals surface area contributed by atoms with E-state index in [1.165, 1.54) is 0 Å². The molecule has 0 bridgehead atoms. The lowest BCUT2D eigenvalue weighted by Gasteiger charge is -2.20. The van der Waals surface area contributed by atoms with Crippen molar-refractivity contribution in [2.45, 2.75) is 19.4 Å². The molecule has 76 valence electrons. The highest BCUT2D eigenvalue weighted by Crippen LogP contribution is 1.98. The van der Waals surface area contributed by atoms with Crippen molar-refractivity contribution in [3.63, 3.8) is 0 Å². The molecule has 3 heteroatoms. The van der Waals surface area contributed by atoms with Gasteiger partial charge in [-0.05, 0) is 13.0 Å². The number of methoxy groups -OCH3 is 1. The fourth-order valence-corrected chi connectivity index (χ4v) is 1.14. The summed E-state index contributed by atoms with van der Waals surface area (Å²) in [4.78, 5) is 2.20. The largest absolute Gasteiger partial charge is 0.380 e. The maximum atomic E-state index is 5.50. The second kappa shape index (κ2) is 8.06. The highest BCUT2D eigenvalue weighted by atomic mass is 16.5. The van der Waals surface area contributed by atoms with Gasteiger partial charge in [0.1, 0.15) is 0 Å². The predicted octanol–water partition coefficient (Wildman–Crippen LogP) is 0.305. The molecule has 0 aliphatic carbocycles. The summed E-state index contributed by atoms with van der Waals surface area (Å²) in [6, 6.07) is 0. The molecule has 0 rings (SSSR count). The molecule has 0 spiro atoms. The zero-order valence-corrected chi connectivity index (χ0v) is 8.62. The molecule has 0 aliphatic heterocycles. The Labute approximate surface area is 81.2 Å². The van der Waals surface area contributed by atoms with E-state index in [2.05, 4.69) is 17.7 Å². The summed E-state index contributed by atoms with van der Waals surface area (Å²) in [5, 5.41) is 0. The SMILES string of the molecule is C#CCN(CC)CCC(CN)OC. The Hall–Kier alpha value is -0.560. The van der Waals surface area contributed by atoms with Crippen LogP contribution in [0, 0.1) is 12.3 Å². The van der Waals surface area contributed by atoms with Crippen LogP contribution in [0.25, 0.3) is 0 Å². The van der Waals surface area contributed by atoms with Crippen LogP contribution >= 0.6 is 0 Å². The molecule has 3 nitrogen and oxygen atoms in total. The van der Waals surface area contributed by atoms with Crippen LogP contribution in [-0.4, -0.2) is 44.3 Å². The molecule has 0 fully saturated rings. The Bertz CT molecular complexity index is 149. The third kappa shape index (κ3) is 5.64. The van der Waals surface area contributed by atoms with Crippen molar-refractivity contribution in [1.29, 1.82) is 0 Å².